The number of carbonyl (C=O) groups excluding carboxylic acids is 1. The van der Waals surface area contributed by atoms with Crippen molar-refractivity contribution in [3.63, 3.8) is 0 Å². The highest BCUT2D eigenvalue weighted by Gasteiger charge is 2.27. The minimum absolute atomic E-state index is 0.0676. The summed E-state index contributed by atoms with van der Waals surface area (Å²) in [5, 5.41) is 4.65. The van der Waals surface area contributed by atoms with Gasteiger partial charge >= 0.3 is 0 Å². The summed E-state index contributed by atoms with van der Waals surface area (Å²) in [4.78, 5) is 16.8. The Kier molecular flexibility index (Phi) is 6.79. The molecule has 0 saturated carbocycles. The van der Waals surface area contributed by atoms with E-state index in [1.54, 1.807) is 17.6 Å². The van der Waals surface area contributed by atoms with Gasteiger partial charge in [0.25, 0.3) is 0 Å². The second-order valence-corrected chi connectivity index (χ2v) is 8.80. The number of sulfonamides is 1. The quantitative estimate of drug-likeness (QED) is 0.569. The number of rotatable bonds is 8. The van der Waals surface area contributed by atoms with E-state index in [1.807, 2.05) is 35.7 Å². The summed E-state index contributed by atoms with van der Waals surface area (Å²) in [6.07, 6.45) is 0.202. The molecule has 0 unspecified atom stereocenters. The summed E-state index contributed by atoms with van der Waals surface area (Å²) >= 11 is 7.46. The van der Waals surface area contributed by atoms with Crippen molar-refractivity contribution < 1.29 is 13.2 Å². The molecule has 0 aliphatic rings. The SMILES string of the molecule is O=C(NCc1cscn1)[C@H](Cc1ccccc1)NS(=O)(=O)c1ccccc1Cl. The van der Waals surface area contributed by atoms with Crippen LogP contribution in [-0.2, 0) is 27.8 Å². The molecule has 0 bridgehead atoms. The highest BCUT2D eigenvalue weighted by Crippen LogP contribution is 2.21. The van der Waals surface area contributed by atoms with E-state index in [4.69, 9.17) is 11.6 Å². The second-order valence-electron chi connectivity index (χ2n) is 5.99. The van der Waals surface area contributed by atoms with Gasteiger partial charge in [0.15, 0.2) is 0 Å². The average Bonchev–Trinajstić information content (AvgIpc) is 3.20. The number of halogens is 1. The number of carbonyl (C=O) groups is 1. The predicted octanol–water partition coefficient (Wildman–Crippen LogP) is 3.00. The van der Waals surface area contributed by atoms with E-state index in [2.05, 4.69) is 15.0 Å². The maximum atomic E-state index is 12.8. The molecule has 3 rings (SSSR count). The van der Waals surface area contributed by atoms with Crippen molar-refractivity contribution in [2.75, 3.05) is 0 Å². The third-order valence-electron chi connectivity index (χ3n) is 3.95. The van der Waals surface area contributed by atoms with Crippen LogP contribution in [0.5, 0.6) is 0 Å². The molecule has 0 aliphatic heterocycles. The molecular formula is C19H18ClN3O3S2. The maximum Gasteiger partial charge on any atom is 0.242 e. The van der Waals surface area contributed by atoms with E-state index >= 15 is 0 Å². The molecule has 2 aromatic carbocycles. The Labute approximate surface area is 172 Å². The number of nitrogens with one attached hydrogen (secondary N) is 2. The molecule has 3 aromatic rings. The molecule has 2 N–H and O–H groups in total. The molecule has 0 saturated heterocycles. The summed E-state index contributed by atoms with van der Waals surface area (Å²) in [5.74, 6) is -0.438. The van der Waals surface area contributed by atoms with E-state index in [0.29, 0.717) is 5.69 Å². The Morgan fingerprint density at radius 3 is 2.50 bits per heavy atom. The van der Waals surface area contributed by atoms with Gasteiger partial charge in [-0.15, -0.1) is 11.3 Å². The largest absolute Gasteiger partial charge is 0.349 e. The van der Waals surface area contributed by atoms with Crippen molar-refractivity contribution in [1.29, 1.82) is 0 Å². The summed E-state index contributed by atoms with van der Waals surface area (Å²) in [6, 6.07) is 14.3. The summed E-state index contributed by atoms with van der Waals surface area (Å²) in [5.41, 5.74) is 3.22. The first kappa shape index (κ1) is 20.5. The fraction of sp³-hybridized carbons (Fsp3) is 0.158. The summed E-state index contributed by atoms with van der Waals surface area (Å²) in [7, 11) is -3.98. The van der Waals surface area contributed by atoms with Crippen molar-refractivity contribution in [3.8, 4) is 0 Å². The van der Waals surface area contributed by atoms with Crippen LogP contribution in [-0.4, -0.2) is 25.4 Å². The Bertz CT molecular complexity index is 1030. The standard InChI is InChI=1S/C19H18ClN3O3S2/c20-16-8-4-5-9-18(16)28(25,26)23-17(10-14-6-2-1-3-7-14)19(24)21-11-15-12-27-13-22-15/h1-9,12-13,17,23H,10-11H2,(H,21,24)/t17-/m0/s1. The molecule has 6 nitrogen and oxygen atoms in total. The Hall–Kier alpha value is -2.26. The molecule has 0 spiro atoms. The monoisotopic (exact) mass is 435 g/mol. The topological polar surface area (TPSA) is 88.2 Å². The molecule has 0 radical (unpaired) electrons. The lowest BCUT2D eigenvalue weighted by Gasteiger charge is -2.19. The number of nitrogens with zero attached hydrogens (tertiary/aromatic N) is 1. The number of amides is 1. The van der Waals surface area contributed by atoms with E-state index in [1.165, 1.54) is 23.5 Å². The number of thiazole rings is 1. The molecular weight excluding hydrogens is 418 g/mol. The summed E-state index contributed by atoms with van der Waals surface area (Å²) < 4.78 is 28.1. The minimum Gasteiger partial charge on any atom is -0.349 e. The lowest BCUT2D eigenvalue weighted by Crippen LogP contribution is -2.47. The van der Waals surface area contributed by atoms with Crippen molar-refractivity contribution >= 4 is 38.9 Å². The van der Waals surface area contributed by atoms with Crippen LogP contribution in [0.3, 0.4) is 0 Å². The van der Waals surface area contributed by atoms with Gasteiger partial charge in [-0.25, -0.2) is 13.4 Å². The van der Waals surface area contributed by atoms with Crippen LogP contribution in [0, 0.1) is 0 Å². The van der Waals surface area contributed by atoms with E-state index in [9.17, 15) is 13.2 Å². The Morgan fingerprint density at radius 2 is 1.82 bits per heavy atom. The van der Waals surface area contributed by atoms with Gasteiger partial charge in [-0.2, -0.15) is 4.72 Å². The number of hydrogen-bond donors (Lipinski definition) is 2. The van der Waals surface area contributed by atoms with E-state index < -0.39 is 22.0 Å². The number of aromatic nitrogens is 1. The molecule has 9 heteroatoms. The van der Waals surface area contributed by atoms with Gasteiger partial charge in [0.05, 0.1) is 22.8 Å². The predicted molar refractivity (Wildman–Crippen MR) is 110 cm³/mol. The zero-order chi connectivity index (χ0) is 20.0. The van der Waals surface area contributed by atoms with Crippen molar-refractivity contribution in [1.82, 2.24) is 15.0 Å². The van der Waals surface area contributed by atoms with Crippen molar-refractivity contribution in [2.24, 2.45) is 0 Å². The molecule has 146 valence electrons. The van der Waals surface area contributed by atoms with Gasteiger partial charge < -0.3 is 5.32 Å². The van der Waals surface area contributed by atoms with Crippen LogP contribution in [0.25, 0.3) is 0 Å². The van der Waals surface area contributed by atoms with Gasteiger partial charge in [0, 0.05) is 5.38 Å². The van der Waals surface area contributed by atoms with Gasteiger partial charge in [-0.05, 0) is 24.1 Å². The zero-order valence-electron chi connectivity index (χ0n) is 14.7. The van der Waals surface area contributed by atoms with Gasteiger partial charge in [0.1, 0.15) is 10.9 Å². The molecule has 0 aliphatic carbocycles. The number of benzene rings is 2. The minimum atomic E-state index is -3.98. The lowest BCUT2D eigenvalue weighted by atomic mass is 10.1. The Morgan fingerprint density at radius 1 is 1.11 bits per heavy atom. The van der Waals surface area contributed by atoms with Crippen LogP contribution in [0.2, 0.25) is 5.02 Å². The molecule has 1 aromatic heterocycles. The smallest absolute Gasteiger partial charge is 0.242 e. The fourth-order valence-electron chi connectivity index (χ4n) is 2.58. The van der Waals surface area contributed by atoms with Crippen molar-refractivity contribution in [2.45, 2.75) is 23.9 Å². The van der Waals surface area contributed by atoms with Gasteiger partial charge in [0.2, 0.25) is 15.9 Å². The molecule has 0 fully saturated rings. The van der Waals surface area contributed by atoms with E-state index in [-0.39, 0.29) is 22.9 Å². The van der Waals surface area contributed by atoms with Crippen LogP contribution >= 0.6 is 22.9 Å². The van der Waals surface area contributed by atoms with E-state index in [0.717, 1.165) is 5.56 Å². The first-order chi connectivity index (χ1) is 13.5. The highest BCUT2D eigenvalue weighted by atomic mass is 35.5. The number of hydrogen-bond acceptors (Lipinski definition) is 5. The van der Waals surface area contributed by atoms with Gasteiger partial charge in [-0.1, -0.05) is 54.1 Å². The second kappa shape index (κ2) is 9.29. The molecule has 1 atom stereocenters. The van der Waals surface area contributed by atoms with Crippen LogP contribution < -0.4 is 10.0 Å². The lowest BCUT2D eigenvalue weighted by molar-refractivity contribution is -0.122. The first-order valence-corrected chi connectivity index (χ1v) is 11.2. The van der Waals surface area contributed by atoms with Crippen molar-refractivity contribution in [3.05, 3.63) is 81.8 Å². The third-order valence-corrected chi connectivity index (χ3v) is 6.56. The molecule has 1 heterocycles. The Balaban J connectivity index is 1.80. The highest BCUT2D eigenvalue weighted by molar-refractivity contribution is 7.89. The van der Waals surface area contributed by atoms with Crippen LogP contribution in [0.15, 0.2) is 70.4 Å². The first-order valence-electron chi connectivity index (χ1n) is 8.41. The normalized spacial score (nSPS) is 12.5. The van der Waals surface area contributed by atoms with Crippen LogP contribution in [0.4, 0.5) is 0 Å². The zero-order valence-corrected chi connectivity index (χ0v) is 17.1. The third kappa shape index (κ3) is 5.39. The fourth-order valence-corrected chi connectivity index (χ4v) is 4.85. The van der Waals surface area contributed by atoms with Crippen LogP contribution in [0.1, 0.15) is 11.3 Å². The van der Waals surface area contributed by atoms with Gasteiger partial charge in [-0.3, -0.25) is 4.79 Å². The molecule has 28 heavy (non-hydrogen) atoms. The maximum absolute atomic E-state index is 12.8. The average molecular weight is 436 g/mol. The summed E-state index contributed by atoms with van der Waals surface area (Å²) in [6.45, 7) is 0.224. The molecule has 1 amide bonds.